The summed E-state index contributed by atoms with van der Waals surface area (Å²) in [6.45, 7) is 8.39. The number of carbonyl (C=O) groups is 3. The molecule has 7 nitrogen and oxygen atoms in total. The Morgan fingerprint density at radius 2 is 1.22 bits per heavy atom. The van der Waals surface area contributed by atoms with E-state index in [1.165, 1.54) is 0 Å². The van der Waals surface area contributed by atoms with Crippen LogP contribution in [0, 0.1) is 13.8 Å². The van der Waals surface area contributed by atoms with E-state index in [2.05, 4.69) is 95.4 Å². The number of hydrogen-bond donors (Lipinski definition) is 2. The van der Waals surface area contributed by atoms with Crippen molar-refractivity contribution < 1.29 is 14.4 Å². The molecule has 2 N–H and O–H groups in total. The van der Waals surface area contributed by atoms with Crippen LogP contribution in [-0.4, -0.2) is 60.4 Å². The number of aryl methyl sites for hydroxylation is 1. The van der Waals surface area contributed by atoms with Crippen LogP contribution in [0.3, 0.4) is 0 Å². The highest BCUT2D eigenvalue weighted by Gasteiger charge is 2.21. The van der Waals surface area contributed by atoms with Gasteiger partial charge in [-0.3, -0.25) is 19.0 Å². The van der Waals surface area contributed by atoms with Gasteiger partial charge >= 0.3 is 0 Å². The number of benzene rings is 2. The van der Waals surface area contributed by atoms with Crippen molar-refractivity contribution in [3.05, 3.63) is 143 Å². The normalized spacial score (nSPS) is 12.3. The highest BCUT2D eigenvalue weighted by molar-refractivity contribution is 6.30. The molecule has 0 spiro atoms. The molecule has 0 aliphatic heterocycles. The molecule has 1 heterocycles. The smallest absolute Gasteiger partial charge is 0.262 e. The summed E-state index contributed by atoms with van der Waals surface area (Å²) in [6.07, 6.45) is 33.3. The van der Waals surface area contributed by atoms with Gasteiger partial charge in [-0.1, -0.05) is 103 Å². The number of fused-ring (bicyclic) bond motifs is 1. The first-order chi connectivity index (χ1) is 26.2. The van der Waals surface area contributed by atoms with Crippen molar-refractivity contribution in [1.82, 2.24) is 20.1 Å². The van der Waals surface area contributed by atoms with Crippen LogP contribution in [0.4, 0.5) is 0 Å². The van der Waals surface area contributed by atoms with Gasteiger partial charge in [-0.05, 0) is 108 Å². The number of halogens is 1. The van der Waals surface area contributed by atoms with Crippen molar-refractivity contribution in [2.24, 2.45) is 0 Å². The number of allylic oxidation sites excluding steroid dienone is 12. The molecular formula is C46H59ClN4O3. The molecule has 1 aromatic heterocycles. The first-order valence-electron chi connectivity index (χ1n) is 19.2. The number of hydrogen-bond acceptors (Lipinski definition) is 4. The van der Waals surface area contributed by atoms with Crippen LogP contribution in [0.5, 0.6) is 0 Å². The van der Waals surface area contributed by atoms with Crippen LogP contribution < -0.4 is 10.6 Å². The molecule has 0 aliphatic rings. The first kappa shape index (κ1) is 43.7. The van der Waals surface area contributed by atoms with Gasteiger partial charge in [0.05, 0.1) is 11.9 Å². The molecule has 0 saturated heterocycles. The number of likely N-dealkylation sites (N-methyl/N-ethyl adjacent to an activating group) is 1. The van der Waals surface area contributed by atoms with Gasteiger partial charge < -0.3 is 15.5 Å². The van der Waals surface area contributed by atoms with Gasteiger partial charge in [-0.2, -0.15) is 0 Å². The molecule has 3 aromatic rings. The highest BCUT2D eigenvalue weighted by Crippen LogP contribution is 2.29. The first-order valence-corrected chi connectivity index (χ1v) is 19.6. The fourth-order valence-electron chi connectivity index (χ4n) is 5.85. The lowest BCUT2D eigenvalue weighted by Crippen LogP contribution is -2.37. The van der Waals surface area contributed by atoms with E-state index >= 15 is 0 Å². The molecule has 0 bridgehead atoms. The molecule has 3 rings (SSSR count). The Bertz CT molecular complexity index is 1810. The number of rotatable bonds is 23. The van der Waals surface area contributed by atoms with E-state index in [-0.39, 0.29) is 24.1 Å². The second-order valence-corrected chi connectivity index (χ2v) is 13.8. The average molecular weight is 751 g/mol. The summed E-state index contributed by atoms with van der Waals surface area (Å²) in [6, 6.07) is 12.8. The van der Waals surface area contributed by atoms with E-state index in [1.807, 2.05) is 39.1 Å². The largest absolute Gasteiger partial charge is 0.355 e. The van der Waals surface area contributed by atoms with Gasteiger partial charge in [0.15, 0.2) is 0 Å². The number of nitrogens with zero attached hydrogens (tertiary/aromatic N) is 2. The molecule has 0 fully saturated rings. The number of amides is 2. The molecule has 0 radical (unpaired) electrons. The Labute approximate surface area is 328 Å². The van der Waals surface area contributed by atoms with Crippen molar-refractivity contribution in [3.8, 4) is 0 Å². The zero-order valence-electron chi connectivity index (χ0n) is 32.7. The third-order valence-electron chi connectivity index (χ3n) is 8.89. The van der Waals surface area contributed by atoms with Crippen molar-refractivity contribution in [2.45, 2.75) is 78.6 Å². The quantitative estimate of drug-likeness (QED) is 0.0946. The lowest BCUT2D eigenvalue weighted by molar-refractivity contribution is -0.121. The van der Waals surface area contributed by atoms with Crippen molar-refractivity contribution in [1.29, 1.82) is 0 Å². The summed E-state index contributed by atoms with van der Waals surface area (Å²) in [5, 5.41) is 7.48. The predicted molar refractivity (Wildman–Crippen MR) is 227 cm³/mol. The Morgan fingerprint density at radius 3 is 1.78 bits per heavy atom. The van der Waals surface area contributed by atoms with E-state index in [1.54, 1.807) is 28.8 Å². The maximum Gasteiger partial charge on any atom is 0.262 e. The van der Waals surface area contributed by atoms with Crippen LogP contribution in [0.1, 0.15) is 85.5 Å². The van der Waals surface area contributed by atoms with Crippen LogP contribution in [0.2, 0.25) is 5.02 Å². The molecule has 288 valence electrons. The number of carbonyl (C=O) groups excluding carboxylic acids is 3. The molecule has 0 saturated carbocycles. The topological polar surface area (TPSA) is 83.4 Å². The van der Waals surface area contributed by atoms with Crippen molar-refractivity contribution >= 4 is 40.2 Å². The molecule has 2 amide bonds. The Balaban J connectivity index is 1.27. The third-order valence-corrected chi connectivity index (χ3v) is 9.14. The second-order valence-electron chi connectivity index (χ2n) is 13.4. The lowest BCUT2D eigenvalue weighted by atomic mass is 10.1. The van der Waals surface area contributed by atoms with Crippen LogP contribution in [0.25, 0.3) is 10.9 Å². The Morgan fingerprint density at radius 1 is 0.704 bits per heavy atom. The van der Waals surface area contributed by atoms with E-state index in [4.69, 9.17) is 11.6 Å². The number of nitrogens with one attached hydrogen (secondary N) is 2. The summed E-state index contributed by atoms with van der Waals surface area (Å²) in [7, 11) is 1.97. The molecular weight excluding hydrogens is 692 g/mol. The average Bonchev–Trinajstić information content (AvgIpc) is 3.41. The molecule has 0 atom stereocenters. The monoisotopic (exact) mass is 750 g/mol. The van der Waals surface area contributed by atoms with E-state index in [0.29, 0.717) is 49.6 Å². The predicted octanol–water partition coefficient (Wildman–Crippen LogP) is 9.78. The van der Waals surface area contributed by atoms with E-state index in [0.717, 1.165) is 66.2 Å². The Kier molecular flexibility index (Phi) is 20.5. The van der Waals surface area contributed by atoms with Crippen molar-refractivity contribution in [3.63, 3.8) is 0 Å². The fraction of sp³-hybridized carbons (Fsp3) is 0.370. The van der Waals surface area contributed by atoms with Gasteiger partial charge in [0, 0.05) is 54.3 Å². The maximum absolute atomic E-state index is 13.5. The van der Waals surface area contributed by atoms with Gasteiger partial charge in [0.2, 0.25) is 11.8 Å². The van der Waals surface area contributed by atoms with Gasteiger partial charge in [-0.25, -0.2) is 0 Å². The Hall–Kier alpha value is -4.72. The fourth-order valence-corrected chi connectivity index (χ4v) is 5.98. The summed E-state index contributed by atoms with van der Waals surface area (Å²) in [5.74, 6) is -0.226. The van der Waals surface area contributed by atoms with E-state index < -0.39 is 0 Å². The molecule has 0 aliphatic carbocycles. The lowest BCUT2D eigenvalue weighted by Gasteiger charge is -2.17. The van der Waals surface area contributed by atoms with Gasteiger partial charge in [0.1, 0.15) is 0 Å². The molecule has 8 heteroatoms. The minimum absolute atomic E-state index is 0.0375. The number of aromatic nitrogens is 1. The van der Waals surface area contributed by atoms with E-state index in [9.17, 15) is 14.4 Å². The minimum Gasteiger partial charge on any atom is -0.355 e. The summed E-state index contributed by atoms with van der Waals surface area (Å²) >= 11 is 6.04. The highest BCUT2D eigenvalue weighted by atomic mass is 35.5. The SMILES string of the molecule is CC/C=C\C/C=C\C/C=C\C/C=C\C/C=C\C/C=C\CCC(=O)NCCN(C)CCNC(=O)Cc1c(C)n(C(=O)c2ccc(Cl)cc2)c2ccc(C)cc12. The van der Waals surface area contributed by atoms with Crippen molar-refractivity contribution in [2.75, 3.05) is 33.2 Å². The van der Waals surface area contributed by atoms with Crippen LogP contribution >= 0.6 is 11.6 Å². The summed E-state index contributed by atoms with van der Waals surface area (Å²) in [5.41, 5.74) is 3.95. The molecule has 0 unspecified atom stereocenters. The third kappa shape index (κ3) is 16.1. The maximum atomic E-state index is 13.5. The van der Waals surface area contributed by atoms with Crippen LogP contribution in [-0.2, 0) is 16.0 Å². The minimum atomic E-state index is -0.160. The molecule has 2 aromatic carbocycles. The summed E-state index contributed by atoms with van der Waals surface area (Å²) < 4.78 is 1.69. The summed E-state index contributed by atoms with van der Waals surface area (Å²) in [4.78, 5) is 40.9. The van der Waals surface area contributed by atoms with Crippen LogP contribution in [0.15, 0.2) is 115 Å². The zero-order chi connectivity index (χ0) is 39.0. The standard InChI is InChI=1S/C46H59ClN4O3/c1-5-6-7-8-9-10-11-12-13-14-15-16-17-18-19-20-21-22-23-24-44(52)48-31-33-50(4)34-32-49-45(53)36-41-38(3)51(43-30-25-37(2)35-42(41)43)46(54)39-26-28-40(47)29-27-39/h6-7,9-10,12-13,15-16,18-19,21-22,25-30,35H,5,8,11,14,17,20,23-24,31-34,36H2,1-4H3,(H,48,52)(H,49,53)/b7-6-,10-9-,13-12-,16-15-,19-18-,22-21-. The zero-order valence-corrected chi connectivity index (χ0v) is 33.4. The van der Waals surface area contributed by atoms with Gasteiger partial charge in [-0.15, -0.1) is 0 Å². The second kappa shape index (κ2) is 25.3. The molecule has 54 heavy (non-hydrogen) atoms. The van der Waals surface area contributed by atoms with Gasteiger partial charge in [0.25, 0.3) is 5.91 Å².